The summed E-state index contributed by atoms with van der Waals surface area (Å²) in [7, 11) is -2.05. The molecular weight excluding hydrogens is 893 g/mol. The molecule has 0 unspecified atom stereocenters. The number of pyridine rings is 1. The van der Waals surface area contributed by atoms with Crippen LogP contribution in [0.2, 0.25) is 13.1 Å². The van der Waals surface area contributed by atoms with Gasteiger partial charge >= 0.3 is 0 Å². The second kappa shape index (κ2) is 16.5. The maximum atomic E-state index is 7.08. The molecule has 0 radical (unpaired) electrons. The van der Waals surface area contributed by atoms with Crippen LogP contribution in [0.25, 0.3) is 72.3 Å². The van der Waals surface area contributed by atoms with Gasteiger partial charge in [-0.25, -0.2) is 4.98 Å². The molecule has 4 heterocycles. The zero-order valence-corrected chi connectivity index (χ0v) is 45.8. The van der Waals surface area contributed by atoms with Crippen molar-refractivity contribution in [3.63, 3.8) is 0 Å². The molecule has 362 valence electrons. The predicted octanol–water partition coefficient (Wildman–Crippen LogP) is 15.9. The van der Waals surface area contributed by atoms with Crippen LogP contribution in [0.15, 0.2) is 164 Å². The molecule has 10 aromatic rings. The van der Waals surface area contributed by atoms with E-state index in [0.717, 1.165) is 45.2 Å². The van der Waals surface area contributed by atoms with E-state index in [4.69, 9.17) is 9.72 Å². The standard InChI is InChI=1S/C66H69N4OSi/c1-63(2,3)44-30-31-67-59(37-44)70-55-28-21-29-57-60(55)61-56(70)39-50(40-58(61)72(57,13)14)71-49-25-20-24-48(38-49)68-41-69(54-27-19-18-26-53(54)68)62-51(42-22-16-15-17-23-42)35-47(66(10,11)12)36-52(62)43-32-45(64(4,5)6)34-46(33-43)65(7,8)9/h15-41H,1-14H3/q+1. The number of ether oxygens (including phenoxy) is 1. The molecule has 0 atom stereocenters. The Morgan fingerprint density at radius 2 is 1.07 bits per heavy atom. The lowest BCUT2D eigenvalue weighted by Gasteiger charge is -2.28. The van der Waals surface area contributed by atoms with Crippen molar-refractivity contribution in [3.05, 3.63) is 186 Å². The van der Waals surface area contributed by atoms with E-state index in [1.807, 2.05) is 6.20 Å². The van der Waals surface area contributed by atoms with Crippen LogP contribution < -0.4 is 19.7 Å². The van der Waals surface area contributed by atoms with Gasteiger partial charge in [0.1, 0.15) is 36.8 Å². The van der Waals surface area contributed by atoms with Crippen molar-refractivity contribution in [2.45, 2.75) is 118 Å². The van der Waals surface area contributed by atoms with Crippen molar-refractivity contribution in [2.24, 2.45) is 0 Å². The first kappa shape index (κ1) is 47.3. The van der Waals surface area contributed by atoms with Crippen LogP contribution in [-0.4, -0.2) is 22.2 Å². The third kappa shape index (κ3) is 7.99. The molecule has 11 rings (SSSR count). The Hall–Kier alpha value is -7.02. The number of rotatable bonds is 7. The minimum absolute atomic E-state index is 0.0140. The van der Waals surface area contributed by atoms with Gasteiger partial charge in [0.05, 0.1) is 11.0 Å². The molecule has 0 N–H and O–H groups in total. The van der Waals surface area contributed by atoms with Gasteiger partial charge in [-0.2, -0.15) is 9.13 Å². The van der Waals surface area contributed by atoms with Gasteiger partial charge in [0.15, 0.2) is 11.0 Å². The summed E-state index contributed by atoms with van der Waals surface area (Å²) in [4.78, 5) is 5.00. The third-order valence-electron chi connectivity index (χ3n) is 15.3. The fourth-order valence-corrected chi connectivity index (χ4v) is 14.1. The van der Waals surface area contributed by atoms with E-state index in [1.165, 1.54) is 71.2 Å². The minimum Gasteiger partial charge on any atom is -0.457 e. The first-order valence-corrected chi connectivity index (χ1v) is 28.8. The largest absolute Gasteiger partial charge is 0.457 e. The monoisotopic (exact) mass is 962 g/mol. The quantitative estimate of drug-likeness (QED) is 0.118. The molecule has 72 heavy (non-hydrogen) atoms. The SMILES string of the molecule is CC(C)(C)c1cc(-c2cc(C(C)(C)C)cc(-c3ccccc3)c2-[n+]2cn(-c3cccc(Oc4cc5c6c7c(cccc7n(-c7cc(C(C)(C)C)ccn7)c6c4)[Si]5(C)C)c3)c3ccccc32)cc(C(C)(C)C)c1. The lowest BCUT2D eigenvalue weighted by atomic mass is 9.77. The molecule has 7 aromatic carbocycles. The van der Waals surface area contributed by atoms with Crippen LogP contribution in [0.3, 0.4) is 0 Å². The summed E-state index contributed by atoms with van der Waals surface area (Å²) in [6.45, 7) is 32.7. The molecule has 0 amide bonds. The van der Waals surface area contributed by atoms with Gasteiger partial charge in [0.25, 0.3) is 6.33 Å². The highest BCUT2D eigenvalue weighted by Gasteiger charge is 2.39. The Morgan fingerprint density at radius 3 is 1.75 bits per heavy atom. The topological polar surface area (TPSA) is 35.9 Å². The molecule has 3 aromatic heterocycles. The van der Waals surface area contributed by atoms with E-state index in [0.29, 0.717) is 0 Å². The number of fused-ring (bicyclic) bond motifs is 1. The molecule has 0 bridgehead atoms. The highest BCUT2D eigenvalue weighted by molar-refractivity contribution is 7.05. The van der Waals surface area contributed by atoms with Gasteiger partial charge in [-0.15, -0.1) is 0 Å². The zero-order valence-electron chi connectivity index (χ0n) is 44.8. The van der Waals surface area contributed by atoms with Crippen molar-refractivity contribution in [1.82, 2.24) is 14.1 Å². The maximum absolute atomic E-state index is 7.08. The zero-order chi connectivity index (χ0) is 50.9. The van der Waals surface area contributed by atoms with Crippen molar-refractivity contribution in [2.75, 3.05) is 0 Å². The van der Waals surface area contributed by atoms with Gasteiger partial charge in [-0.05, 0) is 126 Å². The molecule has 0 aliphatic carbocycles. The van der Waals surface area contributed by atoms with E-state index in [-0.39, 0.29) is 21.7 Å². The van der Waals surface area contributed by atoms with Crippen molar-refractivity contribution < 1.29 is 9.30 Å². The van der Waals surface area contributed by atoms with E-state index < -0.39 is 8.07 Å². The first-order chi connectivity index (χ1) is 34.0. The molecule has 0 fully saturated rings. The van der Waals surface area contributed by atoms with Crippen LogP contribution in [0.1, 0.15) is 105 Å². The molecule has 1 aliphatic heterocycles. The first-order valence-electron chi connectivity index (χ1n) is 25.8. The average molecular weight is 962 g/mol. The highest BCUT2D eigenvalue weighted by atomic mass is 28.3. The fraction of sp³-hybridized carbons (Fsp3) is 0.273. The number of hydrogen-bond acceptors (Lipinski definition) is 2. The number of benzene rings is 7. The van der Waals surface area contributed by atoms with E-state index in [1.54, 1.807) is 0 Å². The molecule has 0 saturated heterocycles. The van der Waals surface area contributed by atoms with Crippen molar-refractivity contribution >= 4 is 51.3 Å². The van der Waals surface area contributed by atoms with Gasteiger partial charge in [0, 0.05) is 40.2 Å². The van der Waals surface area contributed by atoms with E-state index in [2.05, 4.69) is 268 Å². The summed E-state index contributed by atoms with van der Waals surface area (Å²) >= 11 is 0. The van der Waals surface area contributed by atoms with Crippen LogP contribution >= 0.6 is 0 Å². The summed E-state index contributed by atoms with van der Waals surface area (Å²) < 4.78 is 14.2. The summed E-state index contributed by atoms with van der Waals surface area (Å²) in [5.74, 6) is 2.55. The van der Waals surface area contributed by atoms with Gasteiger partial charge < -0.3 is 4.74 Å². The predicted molar refractivity (Wildman–Crippen MR) is 306 cm³/mol. The summed E-state index contributed by atoms with van der Waals surface area (Å²) in [6, 6.07) is 56.4. The number of hydrogen-bond donors (Lipinski definition) is 0. The minimum atomic E-state index is -2.05. The van der Waals surface area contributed by atoms with Crippen LogP contribution in [0, 0.1) is 0 Å². The van der Waals surface area contributed by atoms with Crippen LogP contribution in [-0.2, 0) is 21.7 Å². The third-order valence-corrected chi connectivity index (χ3v) is 18.8. The summed E-state index contributed by atoms with van der Waals surface area (Å²) in [5, 5.41) is 5.59. The Kier molecular flexibility index (Phi) is 10.8. The molecule has 0 saturated carbocycles. The van der Waals surface area contributed by atoms with Gasteiger partial charge in [-0.3, -0.25) is 4.57 Å². The van der Waals surface area contributed by atoms with Crippen molar-refractivity contribution in [3.8, 4) is 50.9 Å². The summed E-state index contributed by atoms with van der Waals surface area (Å²) in [5.41, 5.74) is 16.6. The summed E-state index contributed by atoms with van der Waals surface area (Å²) in [6.07, 6.45) is 4.25. The lowest BCUT2D eigenvalue weighted by molar-refractivity contribution is -0.566. The molecule has 1 aliphatic rings. The molecule has 0 spiro atoms. The number of aromatic nitrogens is 4. The average Bonchev–Trinajstić information content (AvgIpc) is 3.96. The Morgan fingerprint density at radius 1 is 0.472 bits per heavy atom. The second-order valence-electron chi connectivity index (χ2n) is 25.0. The smallest absolute Gasteiger partial charge is 0.255 e. The van der Waals surface area contributed by atoms with E-state index >= 15 is 0 Å². The molecule has 5 nitrogen and oxygen atoms in total. The number of para-hydroxylation sites is 2. The normalized spacial score (nSPS) is 13.8. The number of nitrogens with zero attached hydrogens (tertiary/aromatic N) is 4. The molecular formula is C66H69N4OSi+. The van der Waals surface area contributed by atoms with Crippen molar-refractivity contribution in [1.29, 1.82) is 0 Å². The van der Waals surface area contributed by atoms with Gasteiger partial charge in [0.2, 0.25) is 0 Å². The van der Waals surface area contributed by atoms with Crippen LogP contribution in [0.5, 0.6) is 11.5 Å². The maximum Gasteiger partial charge on any atom is 0.255 e. The lowest BCUT2D eigenvalue weighted by Crippen LogP contribution is -2.49. The second-order valence-corrected chi connectivity index (χ2v) is 29.3. The van der Waals surface area contributed by atoms with Gasteiger partial charge in [-0.1, -0.05) is 175 Å². The van der Waals surface area contributed by atoms with E-state index in [9.17, 15) is 0 Å². The fourth-order valence-electron chi connectivity index (χ4n) is 11.0. The Bertz CT molecular complexity index is 3750. The number of imidazole rings is 1. The van der Waals surface area contributed by atoms with Crippen LogP contribution in [0.4, 0.5) is 0 Å². The molecule has 6 heteroatoms. The highest BCUT2D eigenvalue weighted by Crippen LogP contribution is 2.43. The Balaban J connectivity index is 1.10. The Labute approximate surface area is 427 Å².